The van der Waals surface area contributed by atoms with Gasteiger partial charge in [0.25, 0.3) is 0 Å². The van der Waals surface area contributed by atoms with Gasteiger partial charge in [-0.3, -0.25) is 37.3 Å². The Hall–Kier alpha value is -1.94. The summed E-state index contributed by atoms with van der Waals surface area (Å²) in [6.07, 6.45) is 54.2. The first-order valence-electron chi connectivity index (χ1n) is 39.0. The highest BCUT2D eigenvalue weighted by Crippen LogP contribution is 2.45. The van der Waals surface area contributed by atoms with E-state index in [0.717, 1.165) is 115 Å². The minimum Gasteiger partial charge on any atom is -0.462 e. The van der Waals surface area contributed by atoms with Crippen LogP contribution in [0.4, 0.5) is 0 Å². The fourth-order valence-electron chi connectivity index (χ4n) is 11.5. The molecule has 0 aromatic carbocycles. The van der Waals surface area contributed by atoms with Crippen molar-refractivity contribution < 1.29 is 80.2 Å². The van der Waals surface area contributed by atoms with Crippen molar-refractivity contribution in [2.45, 2.75) is 407 Å². The van der Waals surface area contributed by atoms with Crippen molar-refractivity contribution in [3.63, 3.8) is 0 Å². The first-order valence-corrected chi connectivity index (χ1v) is 42.0. The number of phosphoric acid groups is 2. The molecular formula is C75H146O17P2. The molecule has 0 fully saturated rings. The van der Waals surface area contributed by atoms with E-state index in [1.165, 1.54) is 193 Å². The molecule has 558 valence electrons. The molecule has 0 bridgehead atoms. The molecule has 0 aromatic rings. The number of aliphatic hydroxyl groups excluding tert-OH is 1. The number of phosphoric ester groups is 2. The Morgan fingerprint density at radius 2 is 0.489 bits per heavy atom. The molecule has 0 saturated carbocycles. The number of esters is 4. The summed E-state index contributed by atoms with van der Waals surface area (Å²) in [6, 6.07) is 0. The predicted molar refractivity (Wildman–Crippen MR) is 381 cm³/mol. The summed E-state index contributed by atoms with van der Waals surface area (Å²) in [7, 11) is -9.90. The standard InChI is InChI=1S/C75H146O17P2/c1-7-9-11-13-15-16-17-18-21-25-28-34-40-46-52-58-73(78)86-64-71(92-74(79)59-53-47-41-35-29-26-23-20-19-22-24-27-32-38-43-49-55-67(3)4)66-90-94(83,84)88-62-69(76)61-87-93(81,82)89-65-70(63-85-72(77)57-51-45-37-14-12-10-8-2)91-75(80)60-54-48-42-36-31-30-33-39-44-50-56-68(5)6/h67-71,76H,7-66H2,1-6H3,(H,81,82)(H,83,84)/t69-,70+,71+/m0/s1. The molecule has 0 amide bonds. The number of carbonyl (C=O) groups is 4. The lowest BCUT2D eigenvalue weighted by Crippen LogP contribution is -2.30. The van der Waals surface area contributed by atoms with E-state index in [1.807, 2.05) is 0 Å². The topological polar surface area (TPSA) is 237 Å². The lowest BCUT2D eigenvalue weighted by Gasteiger charge is -2.21. The number of ether oxygens (including phenoxy) is 4. The lowest BCUT2D eigenvalue weighted by atomic mass is 10.0. The minimum absolute atomic E-state index is 0.106. The van der Waals surface area contributed by atoms with Gasteiger partial charge in [0, 0.05) is 25.7 Å². The normalized spacial score (nSPS) is 14.0. The van der Waals surface area contributed by atoms with E-state index in [9.17, 15) is 43.2 Å². The Morgan fingerprint density at radius 3 is 0.723 bits per heavy atom. The van der Waals surface area contributed by atoms with E-state index in [1.54, 1.807) is 0 Å². The largest absolute Gasteiger partial charge is 0.472 e. The van der Waals surface area contributed by atoms with Crippen LogP contribution in [0.3, 0.4) is 0 Å². The molecule has 3 N–H and O–H groups in total. The van der Waals surface area contributed by atoms with E-state index in [4.69, 9.17) is 37.0 Å². The molecule has 19 heteroatoms. The molecule has 94 heavy (non-hydrogen) atoms. The third kappa shape index (κ3) is 68.6. The van der Waals surface area contributed by atoms with Crippen molar-refractivity contribution in [2.75, 3.05) is 39.6 Å². The van der Waals surface area contributed by atoms with E-state index >= 15 is 0 Å². The first-order chi connectivity index (χ1) is 45.4. The Morgan fingerprint density at radius 1 is 0.287 bits per heavy atom. The highest BCUT2D eigenvalue weighted by molar-refractivity contribution is 7.47. The number of hydrogen-bond donors (Lipinski definition) is 3. The number of unbranched alkanes of at least 4 members (excludes halogenated alkanes) is 44. The van der Waals surface area contributed by atoms with Crippen LogP contribution in [0.15, 0.2) is 0 Å². The molecule has 0 aromatic heterocycles. The van der Waals surface area contributed by atoms with Crippen LogP contribution in [0.25, 0.3) is 0 Å². The van der Waals surface area contributed by atoms with Gasteiger partial charge in [0.15, 0.2) is 12.2 Å². The summed E-state index contributed by atoms with van der Waals surface area (Å²) < 4.78 is 68.4. The zero-order valence-corrected chi connectivity index (χ0v) is 63.1. The summed E-state index contributed by atoms with van der Waals surface area (Å²) in [6.45, 7) is 9.57. The van der Waals surface area contributed by atoms with E-state index < -0.39 is 97.5 Å². The number of hydrogen-bond acceptors (Lipinski definition) is 15. The van der Waals surface area contributed by atoms with Crippen LogP contribution in [0.5, 0.6) is 0 Å². The van der Waals surface area contributed by atoms with Crippen LogP contribution in [-0.4, -0.2) is 96.7 Å². The highest BCUT2D eigenvalue weighted by atomic mass is 31.2. The highest BCUT2D eigenvalue weighted by Gasteiger charge is 2.30. The van der Waals surface area contributed by atoms with Gasteiger partial charge >= 0.3 is 39.5 Å². The Balaban J connectivity index is 5.19. The number of carbonyl (C=O) groups excluding carboxylic acids is 4. The molecule has 0 aliphatic carbocycles. The third-order valence-corrected chi connectivity index (χ3v) is 19.4. The van der Waals surface area contributed by atoms with Gasteiger partial charge in [-0.25, -0.2) is 9.13 Å². The van der Waals surface area contributed by atoms with Gasteiger partial charge in [-0.1, -0.05) is 337 Å². The fourth-order valence-corrected chi connectivity index (χ4v) is 13.1. The quantitative estimate of drug-likeness (QED) is 0.0222. The summed E-state index contributed by atoms with van der Waals surface area (Å²) >= 11 is 0. The van der Waals surface area contributed by atoms with Gasteiger partial charge in [-0.2, -0.15) is 0 Å². The van der Waals surface area contributed by atoms with Gasteiger partial charge in [0.2, 0.25) is 0 Å². The van der Waals surface area contributed by atoms with Crippen LogP contribution in [0.1, 0.15) is 388 Å². The molecular weight excluding hydrogens is 1230 g/mol. The fraction of sp³-hybridized carbons (Fsp3) is 0.947. The second-order valence-electron chi connectivity index (χ2n) is 28.0. The monoisotopic (exact) mass is 1380 g/mol. The van der Waals surface area contributed by atoms with E-state index in [-0.39, 0.29) is 25.7 Å². The first kappa shape index (κ1) is 92.1. The van der Waals surface area contributed by atoms with Gasteiger partial charge in [-0.15, -0.1) is 0 Å². The molecule has 0 radical (unpaired) electrons. The van der Waals surface area contributed by atoms with Crippen molar-refractivity contribution >= 4 is 39.5 Å². The van der Waals surface area contributed by atoms with Crippen molar-refractivity contribution in [1.29, 1.82) is 0 Å². The Bertz CT molecular complexity index is 1820. The molecule has 0 aliphatic rings. The molecule has 0 rings (SSSR count). The van der Waals surface area contributed by atoms with Crippen molar-refractivity contribution in [3.8, 4) is 0 Å². The second kappa shape index (κ2) is 66.9. The Kier molecular flexibility index (Phi) is 65.5. The molecule has 0 heterocycles. The maximum atomic E-state index is 13.1. The molecule has 0 saturated heterocycles. The zero-order chi connectivity index (χ0) is 69.3. The summed E-state index contributed by atoms with van der Waals surface area (Å²) in [5.41, 5.74) is 0. The molecule has 2 unspecified atom stereocenters. The average Bonchev–Trinajstić information content (AvgIpc) is 1.55. The van der Waals surface area contributed by atoms with Crippen LogP contribution in [-0.2, 0) is 65.4 Å². The summed E-state index contributed by atoms with van der Waals surface area (Å²) in [4.78, 5) is 72.6. The predicted octanol–water partition coefficient (Wildman–Crippen LogP) is 21.9. The van der Waals surface area contributed by atoms with E-state index in [2.05, 4.69) is 41.5 Å². The Labute approximate surface area is 575 Å². The average molecular weight is 1380 g/mol. The van der Waals surface area contributed by atoms with Crippen LogP contribution < -0.4 is 0 Å². The van der Waals surface area contributed by atoms with Crippen molar-refractivity contribution in [2.24, 2.45) is 11.8 Å². The maximum absolute atomic E-state index is 13.1. The maximum Gasteiger partial charge on any atom is 0.472 e. The number of aliphatic hydroxyl groups is 1. The molecule has 0 spiro atoms. The smallest absolute Gasteiger partial charge is 0.462 e. The number of rotatable bonds is 74. The second-order valence-corrected chi connectivity index (χ2v) is 30.9. The van der Waals surface area contributed by atoms with E-state index in [0.29, 0.717) is 25.7 Å². The van der Waals surface area contributed by atoms with Gasteiger partial charge in [0.1, 0.15) is 19.3 Å². The van der Waals surface area contributed by atoms with Crippen molar-refractivity contribution in [3.05, 3.63) is 0 Å². The van der Waals surface area contributed by atoms with Crippen LogP contribution in [0.2, 0.25) is 0 Å². The molecule has 0 aliphatic heterocycles. The molecule has 17 nitrogen and oxygen atoms in total. The zero-order valence-electron chi connectivity index (χ0n) is 61.3. The van der Waals surface area contributed by atoms with Gasteiger partial charge in [0.05, 0.1) is 26.4 Å². The minimum atomic E-state index is -4.96. The summed E-state index contributed by atoms with van der Waals surface area (Å²) in [5.74, 6) is -0.559. The van der Waals surface area contributed by atoms with Gasteiger partial charge < -0.3 is 33.8 Å². The van der Waals surface area contributed by atoms with Crippen LogP contribution >= 0.6 is 15.6 Å². The van der Waals surface area contributed by atoms with Gasteiger partial charge in [-0.05, 0) is 37.5 Å². The van der Waals surface area contributed by atoms with Crippen molar-refractivity contribution in [1.82, 2.24) is 0 Å². The lowest BCUT2D eigenvalue weighted by molar-refractivity contribution is -0.161. The summed E-state index contributed by atoms with van der Waals surface area (Å²) in [5, 5.41) is 10.6. The van der Waals surface area contributed by atoms with Crippen LogP contribution in [0, 0.1) is 11.8 Å². The third-order valence-electron chi connectivity index (χ3n) is 17.5. The molecule has 5 atom stereocenters. The SMILES string of the molecule is CCCCCCCCCCCCCCCCCC(=O)OC[C@H](COP(=O)(O)OC[C@@H](O)COP(=O)(O)OC[C@@H](COC(=O)CCCCCCCCC)OC(=O)CCCCCCCCCCCCC(C)C)OC(=O)CCCCCCCCCCCCCCCCCCC(C)C.